The van der Waals surface area contributed by atoms with Gasteiger partial charge in [-0.2, -0.15) is 0 Å². The average molecular weight is 534 g/mol. The Balaban J connectivity index is 1.45. The summed E-state index contributed by atoms with van der Waals surface area (Å²) in [6.07, 6.45) is 6.84. The van der Waals surface area contributed by atoms with Crippen molar-refractivity contribution in [2.75, 3.05) is 25.3 Å². The summed E-state index contributed by atoms with van der Waals surface area (Å²) in [5, 5.41) is 11.1. The molecule has 0 saturated heterocycles. The molecule has 0 spiro atoms. The highest BCUT2D eigenvalue weighted by atomic mass is 32.1. The van der Waals surface area contributed by atoms with E-state index in [0.717, 1.165) is 56.5 Å². The van der Waals surface area contributed by atoms with E-state index >= 15 is 0 Å². The molecule has 5 rings (SSSR count). The number of hydrogen-bond acceptors (Lipinski definition) is 8. The van der Waals surface area contributed by atoms with Crippen molar-refractivity contribution in [3.8, 4) is 16.9 Å². The van der Waals surface area contributed by atoms with Crippen LogP contribution in [0, 0.1) is 0 Å². The number of benzene rings is 1. The van der Waals surface area contributed by atoms with E-state index < -0.39 is 8.07 Å². The SMILES string of the molecule is COc1cccc(-c2cnc3ccc(N(COCC[Si](C)(C)C)c4nnc(C5CCCC5)s4)nc3c2)c1. The molecule has 1 aliphatic carbocycles. The highest BCUT2D eigenvalue weighted by molar-refractivity contribution is 7.15. The molecule has 0 radical (unpaired) electrons. The number of fused-ring (bicyclic) bond motifs is 1. The van der Waals surface area contributed by atoms with Crippen LogP contribution in [0.4, 0.5) is 10.9 Å². The van der Waals surface area contributed by atoms with Crippen LogP contribution in [-0.2, 0) is 4.74 Å². The Bertz CT molecular complexity index is 1350. The molecule has 0 N–H and O–H groups in total. The van der Waals surface area contributed by atoms with Crippen LogP contribution in [0.25, 0.3) is 22.2 Å². The van der Waals surface area contributed by atoms with Crippen LogP contribution in [-0.4, -0.2) is 48.7 Å². The van der Waals surface area contributed by atoms with Gasteiger partial charge in [0.05, 0.1) is 18.1 Å². The quantitative estimate of drug-likeness (QED) is 0.121. The van der Waals surface area contributed by atoms with E-state index in [0.29, 0.717) is 12.6 Å². The second-order valence-electron chi connectivity index (χ2n) is 10.8. The molecule has 3 aromatic heterocycles. The Morgan fingerprint density at radius 2 is 1.84 bits per heavy atom. The van der Waals surface area contributed by atoms with Crippen molar-refractivity contribution in [2.24, 2.45) is 0 Å². The first kappa shape index (κ1) is 25.8. The van der Waals surface area contributed by atoms with Gasteiger partial charge in [-0.25, -0.2) is 4.98 Å². The molecule has 9 heteroatoms. The second kappa shape index (κ2) is 11.2. The van der Waals surface area contributed by atoms with Crippen LogP contribution in [0.5, 0.6) is 5.75 Å². The van der Waals surface area contributed by atoms with Crippen molar-refractivity contribution >= 4 is 41.4 Å². The molecule has 1 aliphatic rings. The van der Waals surface area contributed by atoms with Gasteiger partial charge in [-0.1, -0.05) is 56.0 Å². The molecule has 0 atom stereocenters. The summed E-state index contributed by atoms with van der Waals surface area (Å²) in [6.45, 7) is 8.22. The molecule has 0 bridgehead atoms. The summed E-state index contributed by atoms with van der Waals surface area (Å²) in [6, 6.07) is 15.2. The first-order chi connectivity index (χ1) is 17.9. The van der Waals surface area contributed by atoms with Crippen LogP contribution >= 0.6 is 11.3 Å². The zero-order chi connectivity index (χ0) is 25.8. The number of pyridine rings is 2. The van der Waals surface area contributed by atoms with Crippen LogP contribution in [0.3, 0.4) is 0 Å². The predicted octanol–water partition coefficient (Wildman–Crippen LogP) is 7.26. The van der Waals surface area contributed by atoms with E-state index in [2.05, 4.69) is 51.9 Å². The third-order valence-electron chi connectivity index (χ3n) is 6.78. The van der Waals surface area contributed by atoms with Gasteiger partial charge in [0.1, 0.15) is 23.3 Å². The van der Waals surface area contributed by atoms with E-state index in [1.54, 1.807) is 18.4 Å². The molecule has 1 aromatic carbocycles. The summed E-state index contributed by atoms with van der Waals surface area (Å²) in [5.74, 6) is 2.13. The maximum absolute atomic E-state index is 6.18. The van der Waals surface area contributed by atoms with Crippen LogP contribution in [0.2, 0.25) is 25.7 Å². The Hall–Kier alpha value is -2.88. The molecule has 0 aliphatic heterocycles. The third-order valence-corrected chi connectivity index (χ3v) is 9.60. The van der Waals surface area contributed by atoms with Gasteiger partial charge in [0.15, 0.2) is 0 Å². The molecular weight excluding hydrogens is 498 g/mol. The first-order valence-electron chi connectivity index (χ1n) is 13.0. The number of hydrogen-bond donors (Lipinski definition) is 0. The molecule has 194 valence electrons. The molecule has 3 heterocycles. The van der Waals surface area contributed by atoms with E-state index in [1.165, 1.54) is 25.7 Å². The molecule has 7 nitrogen and oxygen atoms in total. The van der Waals surface area contributed by atoms with Crippen molar-refractivity contribution in [2.45, 2.75) is 57.3 Å². The number of rotatable bonds is 10. The van der Waals surface area contributed by atoms with E-state index in [1.807, 2.05) is 36.5 Å². The maximum Gasteiger partial charge on any atom is 0.215 e. The van der Waals surface area contributed by atoms with Gasteiger partial charge in [0, 0.05) is 32.4 Å². The minimum Gasteiger partial charge on any atom is -0.497 e. The van der Waals surface area contributed by atoms with Crippen LogP contribution < -0.4 is 9.64 Å². The Morgan fingerprint density at radius 1 is 1.00 bits per heavy atom. The van der Waals surface area contributed by atoms with Gasteiger partial charge < -0.3 is 9.47 Å². The second-order valence-corrected chi connectivity index (χ2v) is 17.5. The normalized spacial score (nSPS) is 14.4. The minimum absolute atomic E-state index is 0.394. The Morgan fingerprint density at radius 3 is 2.62 bits per heavy atom. The largest absolute Gasteiger partial charge is 0.497 e. The fourth-order valence-corrected chi connectivity index (χ4v) is 6.30. The minimum atomic E-state index is -1.18. The molecule has 37 heavy (non-hydrogen) atoms. The maximum atomic E-state index is 6.18. The predicted molar refractivity (Wildman–Crippen MR) is 154 cm³/mol. The molecule has 0 unspecified atom stereocenters. The zero-order valence-electron chi connectivity index (χ0n) is 22.1. The van der Waals surface area contributed by atoms with Gasteiger partial charge in [-0.3, -0.25) is 9.88 Å². The summed E-state index contributed by atoms with van der Waals surface area (Å²) in [4.78, 5) is 11.7. The standard InChI is InChI=1S/C28H35N5O2SSi/c1-34-23-11-7-10-21(16-23)22-17-25-24(29-18-22)12-13-26(30-25)33(19-35-14-15-37(2,3)4)28-32-31-27(36-28)20-8-5-6-9-20/h7,10-13,16-18,20H,5-6,8-9,14-15,19H2,1-4H3. The number of methoxy groups -OCH3 is 1. The van der Waals surface area contributed by atoms with Crippen LogP contribution in [0.1, 0.15) is 36.6 Å². The lowest BCUT2D eigenvalue weighted by atomic mass is 10.1. The van der Waals surface area contributed by atoms with Crippen molar-refractivity contribution in [1.82, 2.24) is 20.2 Å². The van der Waals surface area contributed by atoms with Crippen molar-refractivity contribution in [3.63, 3.8) is 0 Å². The lowest BCUT2D eigenvalue weighted by molar-refractivity contribution is 0.153. The molecular formula is C28H35N5O2SSi. The summed E-state index contributed by atoms with van der Waals surface area (Å²) >= 11 is 1.67. The fourth-order valence-electron chi connectivity index (χ4n) is 4.53. The number of ether oxygens (including phenoxy) is 2. The summed E-state index contributed by atoms with van der Waals surface area (Å²) in [5.41, 5.74) is 3.70. The van der Waals surface area contributed by atoms with E-state index in [-0.39, 0.29) is 0 Å². The van der Waals surface area contributed by atoms with Crippen molar-refractivity contribution < 1.29 is 9.47 Å². The summed E-state index contributed by atoms with van der Waals surface area (Å²) in [7, 11) is 0.493. The Labute approximate surface area is 223 Å². The highest BCUT2D eigenvalue weighted by Gasteiger charge is 2.24. The fraction of sp³-hybridized carbons (Fsp3) is 0.429. The highest BCUT2D eigenvalue weighted by Crippen LogP contribution is 2.38. The van der Waals surface area contributed by atoms with E-state index in [4.69, 9.17) is 14.5 Å². The van der Waals surface area contributed by atoms with Gasteiger partial charge in [0.25, 0.3) is 0 Å². The third kappa shape index (κ3) is 6.34. The zero-order valence-corrected chi connectivity index (χ0v) is 23.9. The Kier molecular flexibility index (Phi) is 7.83. The average Bonchev–Trinajstić information content (AvgIpc) is 3.60. The smallest absolute Gasteiger partial charge is 0.215 e. The van der Waals surface area contributed by atoms with E-state index in [9.17, 15) is 0 Å². The monoisotopic (exact) mass is 533 g/mol. The van der Waals surface area contributed by atoms with Gasteiger partial charge in [0.2, 0.25) is 5.13 Å². The summed E-state index contributed by atoms with van der Waals surface area (Å²) < 4.78 is 11.6. The van der Waals surface area contributed by atoms with Gasteiger partial charge in [-0.05, 0) is 54.8 Å². The first-order valence-corrected chi connectivity index (χ1v) is 17.5. The van der Waals surface area contributed by atoms with Gasteiger partial charge >= 0.3 is 0 Å². The van der Waals surface area contributed by atoms with Gasteiger partial charge in [-0.15, -0.1) is 10.2 Å². The lowest BCUT2D eigenvalue weighted by Gasteiger charge is -2.22. The molecule has 0 amide bonds. The molecule has 1 fully saturated rings. The topological polar surface area (TPSA) is 73.3 Å². The molecule has 1 saturated carbocycles. The number of anilines is 2. The number of nitrogens with zero attached hydrogens (tertiary/aromatic N) is 5. The lowest BCUT2D eigenvalue weighted by Crippen LogP contribution is -2.26. The molecule has 4 aromatic rings. The van der Waals surface area contributed by atoms with Crippen molar-refractivity contribution in [1.29, 1.82) is 0 Å². The van der Waals surface area contributed by atoms with Crippen molar-refractivity contribution in [3.05, 3.63) is 53.7 Å². The number of aromatic nitrogens is 4. The van der Waals surface area contributed by atoms with Crippen LogP contribution in [0.15, 0.2) is 48.7 Å².